The summed E-state index contributed by atoms with van der Waals surface area (Å²) in [6.07, 6.45) is 7.35. The molecule has 1 saturated heterocycles. The van der Waals surface area contributed by atoms with E-state index in [0.29, 0.717) is 31.7 Å². The fourth-order valence-corrected chi connectivity index (χ4v) is 5.50. The Morgan fingerprint density at radius 3 is 2.50 bits per heavy atom. The fraction of sp³-hybridized carbons (Fsp3) is 0.618. The van der Waals surface area contributed by atoms with Gasteiger partial charge in [-0.05, 0) is 66.8 Å². The van der Waals surface area contributed by atoms with E-state index in [1.807, 2.05) is 27.0 Å². The molecule has 6 heteroatoms. The van der Waals surface area contributed by atoms with Gasteiger partial charge in [0.2, 0.25) is 0 Å². The molecule has 2 aliphatic rings. The monoisotopic (exact) mass is 553 g/mol. The summed E-state index contributed by atoms with van der Waals surface area (Å²) in [5.74, 6) is 1.63. The Kier molecular flexibility index (Phi) is 15.7. The van der Waals surface area contributed by atoms with Gasteiger partial charge in [-0.2, -0.15) is 0 Å². The summed E-state index contributed by atoms with van der Waals surface area (Å²) in [4.78, 5) is 21.0. The summed E-state index contributed by atoms with van der Waals surface area (Å²) in [5, 5.41) is 4.74. The van der Waals surface area contributed by atoms with Crippen LogP contribution in [0.1, 0.15) is 96.3 Å². The zero-order chi connectivity index (χ0) is 29.3. The standard InChI is InChI=1S/C23H36N2O3.C9H13N.C2H6/c1-4-7-21-15-20(18-8-9-22-19(14-18)10-13-27-22)16-24(21)17-23(26)25(11-5-2)28-12-6-3;1-3-8-6-4-5-7-9(8)10-2;1-2/h8-9,14,20-21H,4-7,10-13,15-17H2,1-3H3;4-7,10H,3H2,1-2H3;1-2H3. The number of hydrogen-bond donors (Lipinski definition) is 1. The molecule has 0 spiro atoms. The van der Waals surface area contributed by atoms with Crippen molar-refractivity contribution in [2.75, 3.05) is 45.2 Å². The van der Waals surface area contributed by atoms with Crippen LogP contribution >= 0.6 is 0 Å². The Morgan fingerprint density at radius 1 is 1.07 bits per heavy atom. The van der Waals surface area contributed by atoms with Gasteiger partial charge in [0.25, 0.3) is 5.91 Å². The number of para-hydroxylation sites is 1. The molecule has 0 bridgehead atoms. The number of nitrogens with zero attached hydrogens (tertiary/aromatic N) is 2. The van der Waals surface area contributed by atoms with Crippen molar-refractivity contribution in [3.63, 3.8) is 0 Å². The lowest BCUT2D eigenvalue weighted by atomic mass is 9.93. The van der Waals surface area contributed by atoms with Crippen LogP contribution in [-0.4, -0.2) is 61.8 Å². The molecule has 0 aliphatic carbocycles. The molecular formula is C34H55N3O3. The Balaban J connectivity index is 0.000000391. The third-order valence-electron chi connectivity index (χ3n) is 7.50. The Hall–Kier alpha value is -2.57. The first-order valence-electron chi connectivity index (χ1n) is 15.7. The molecule has 0 saturated carbocycles. The van der Waals surface area contributed by atoms with E-state index in [9.17, 15) is 4.79 Å². The van der Waals surface area contributed by atoms with Crippen LogP contribution in [-0.2, 0) is 22.5 Å². The van der Waals surface area contributed by atoms with Gasteiger partial charge in [-0.25, -0.2) is 5.06 Å². The molecule has 1 fully saturated rings. The minimum absolute atomic E-state index is 0.0967. The molecule has 1 amide bonds. The Morgan fingerprint density at radius 2 is 1.85 bits per heavy atom. The van der Waals surface area contributed by atoms with Crippen molar-refractivity contribution in [2.24, 2.45) is 0 Å². The van der Waals surface area contributed by atoms with Crippen molar-refractivity contribution in [1.82, 2.24) is 9.96 Å². The number of rotatable bonds is 12. The summed E-state index contributed by atoms with van der Waals surface area (Å²) >= 11 is 0. The van der Waals surface area contributed by atoms with Crippen molar-refractivity contribution in [1.29, 1.82) is 0 Å². The van der Waals surface area contributed by atoms with Crippen LogP contribution in [0, 0.1) is 0 Å². The number of aryl methyl sites for hydroxylation is 1. The number of likely N-dealkylation sites (tertiary alicyclic amines) is 1. The highest BCUT2D eigenvalue weighted by Gasteiger charge is 2.34. The van der Waals surface area contributed by atoms with Crippen LogP contribution in [0.5, 0.6) is 5.75 Å². The number of fused-ring (bicyclic) bond motifs is 1. The number of ether oxygens (including phenoxy) is 1. The SMILES string of the molecule is CC.CCCON(CCC)C(=O)CN1CC(c2ccc3c(c2)CCO3)CC1CCC.CCc1ccccc1NC. The summed E-state index contributed by atoms with van der Waals surface area (Å²) in [7, 11) is 1.95. The largest absolute Gasteiger partial charge is 0.493 e. The number of anilines is 1. The maximum atomic E-state index is 12.9. The second-order valence-corrected chi connectivity index (χ2v) is 10.4. The molecule has 6 nitrogen and oxygen atoms in total. The Labute approximate surface area is 244 Å². The van der Waals surface area contributed by atoms with Gasteiger partial charge < -0.3 is 10.1 Å². The number of amides is 1. The van der Waals surface area contributed by atoms with Crippen molar-refractivity contribution in [2.45, 2.75) is 98.4 Å². The first-order valence-corrected chi connectivity index (χ1v) is 15.7. The van der Waals surface area contributed by atoms with E-state index in [-0.39, 0.29) is 5.91 Å². The third kappa shape index (κ3) is 9.81. The highest BCUT2D eigenvalue weighted by molar-refractivity contribution is 5.77. The van der Waals surface area contributed by atoms with Gasteiger partial charge >= 0.3 is 0 Å². The average molecular weight is 554 g/mol. The van der Waals surface area contributed by atoms with E-state index < -0.39 is 0 Å². The second-order valence-electron chi connectivity index (χ2n) is 10.4. The smallest absolute Gasteiger partial charge is 0.260 e. The zero-order valence-electron chi connectivity index (χ0n) is 26.3. The molecule has 2 atom stereocenters. The van der Waals surface area contributed by atoms with Gasteiger partial charge in [-0.15, -0.1) is 0 Å². The fourth-order valence-electron chi connectivity index (χ4n) is 5.50. The normalized spacial score (nSPS) is 17.6. The molecule has 2 aliphatic heterocycles. The van der Waals surface area contributed by atoms with Crippen LogP contribution in [0.3, 0.4) is 0 Å². The zero-order valence-corrected chi connectivity index (χ0v) is 26.3. The maximum absolute atomic E-state index is 12.9. The van der Waals surface area contributed by atoms with Gasteiger partial charge in [-0.1, -0.05) is 78.3 Å². The summed E-state index contributed by atoms with van der Waals surface area (Å²) in [5.41, 5.74) is 5.35. The molecule has 0 radical (unpaired) electrons. The first-order chi connectivity index (χ1) is 19.5. The number of hydrogen-bond acceptors (Lipinski definition) is 5. The van der Waals surface area contributed by atoms with Crippen LogP contribution in [0.15, 0.2) is 42.5 Å². The number of hydroxylamine groups is 2. The van der Waals surface area contributed by atoms with Crippen LogP contribution < -0.4 is 10.1 Å². The van der Waals surface area contributed by atoms with E-state index in [1.54, 1.807) is 5.06 Å². The molecule has 2 aromatic rings. The maximum Gasteiger partial charge on any atom is 0.260 e. The van der Waals surface area contributed by atoms with Crippen LogP contribution in [0.25, 0.3) is 0 Å². The van der Waals surface area contributed by atoms with E-state index >= 15 is 0 Å². The van der Waals surface area contributed by atoms with Gasteiger partial charge in [0.1, 0.15) is 5.75 Å². The van der Waals surface area contributed by atoms with Gasteiger partial charge in [0.05, 0.1) is 19.8 Å². The third-order valence-corrected chi connectivity index (χ3v) is 7.50. The van der Waals surface area contributed by atoms with E-state index in [2.05, 4.69) is 74.3 Å². The molecule has 0 aromatic heterocycles. The molecule has 40 heavy (non-hydrogen) atoms. The number of carbonyl (C=O) groups is 1. The molecule has 4 rings (SSSR count). The lowest BCUT2D eigenvalue weighted by molar-refractivity contribution is -0.188. The van der Waals surface area contributed by atoms with E-state index in [1.165, 1.54) is 22.4 Å². The number of carbonyl (C=O) groups excluding carboxylic acids is 1. The van der Waals surface area contributed by atoms with Crippen LogP contribution in [0.4, 0.5) is 5.69 Å². The predicted octanol–water partition coefficient (Wildman–Crippen LogP) is 7.48. The van der Waals surface area contributed by atoms with Gasteiger partial charge in [0, 0.05) is 38.3 Å². The molecule has 2 aromatic carbocycles. The molecular weight excluding hydrogens is 498 g/mol. The van der Waals surface area contributed by atoms with E-state index in [0.717, 1.165) is 63.8 Å². The van der Waals surface area contributed by atoms with E-state index in [4.69, 9.17) is 9.57 Å². The summed E-state index contributed by atoms with van der Waals surface area (Å²) < 4.78 is 5.66. The highest BCUT2D eigenvalue weighted by Crippen LogP contribution is 2.36. The Bertz CT molecular complexity index is 973. The number of benzene rings is 2. The summed E-state index contributed by atoms with van der Waals surface area (Å²) in [6, 6.07) is 15.5. The van der Waals surface area contributed by atoms with Crippen LogP contribution in [0.2, 0.25) is 0 Å². The predicted molar refractivity (Wildman–Crippen MR) is 168 cm³/mol. The van der Waals surface area contributed by atoms with Crippen molar-refractivity contribution in [3.05, 3.63) is 59.2 Å². The van der Waals surface area contributed by atoms with Crippen molar-refractivity contribution in [3.8, 4) is 5.75 Å². The molecule has 2 unspecified atom stereocenters. The molecule has 2 heterocycles. The van der Waals surface area contributed by atoms with Crippen molar-refractivity contribution >= 4 is 11.6 Å². The minimum Gasteiger partial charge on any atom is -0.493 e. The lowest BCUT2D eigenvalue weighted by Crippen LogP contribution is -2.42. The first kappa shape index (κ1) is 33.6. The highest BCUT2D eigenvalue weighted by atomic mass is 16.7. The second kappa shape index (κ2) is 18.7. The molecule has 224 valence electrons. The minimum atomic E-state index is 0.0967. The summed E-state index contributed by atoms with van der Waals surface area (Å²) in [6.45, 7) is 16.0. The topological polar surface area (TPSA) is 54.0 Å². The average Bonchev–Trinajstić information content (AvgIpc) is 3.63. The van der Waals surface area contributed by atoms with Gasteiger partial charge in [0.15, 0.2) is 0 Å². The molecule has 1 N–H and O–H groups in total. The number of nitrogens with one attached hydrogen (secondary N) is 1. The quantitative estimate of drug-likeness (QED) is 0.276. The van der Waals surface area contributed by atoms with Gasteiger partial charge in [-0.3, -0.25) is 14.5 Å². The lowest BCUT2D eigenvalue weighted by Gasteiger charge is -2.27. The van der Waals surface area contributed by atoms with Crippen molar-refractivity contribution < 1.29 is 14.4 Å².